The molecule has 2 rings (SSSR count). The smallest absolute Gasteiger partial charge is 0.123 e. The Labute approximate surface area is 99.3 Å². The molecule has 3 heteroatoms. The number of rotatable bonds is 4. The highest BCUT2D eigenvalue weighted by Crippen LogP contribution is 2.30. The molecule has 0 amide bonds. The van der Waals surface area contributed by atoms with Gasteiger partial charge in [-0.2, -0.15) is 0 Å². The predicted molar refractivity (Wildman–Crippen MR) is 68.5 cm³/mol. The van der Waals surface area contributed by atoms with Crippen molar-refractivity contribution in [3.63, 3.8) is 0 Å². The largest absolute Gasteiger partial charge is 0.309 e. The van der Waals surface area contributed by atoms with Gasteiger partial charge in [0, 0.05) is 15.6 Å². The second-order valence-electron chi connectivity index (χ2n) is 4.01. The Balaban J connectivity index is 2.25. The minimum atomic E-state index is -0.161. The molecule has 0 bridgehead atoms. The van der Waals surface area contributed by atoms with Crippen LogP contribution in [0.1, 0.15) is 31.2 Å². The maximum absolute atomic E-state index is 13.0. The van der Waals surface area contributed by atoms with Crippen LogP contribution in [0, 0.1) is 5.82 Å². The second-order valence-corrected chi connectivity index (χ2v) is 5.12. The van der Waals surface area contributed by atoms with Crippen LogP contribution in [0.25, 0.3) is 10.1 Å². The SMILES string of the molecule is CCCNC(C)c1cc2cc(F)ccc2s1. The van der Waals surface area contributed by atoms with Crippen LogP contribution in [0.2, 0.25) is 0 Å². The van der Waals surface area contributed by atoms with Gasteiger partial charge in [-0.15, -0.1) is 11.3 Å². The summed E-state index contributed by atoms with van der Waals surface area (Å²) in [6, 6.07) is 7.40. The summed E-state index contributed by atoms with van der Waals surface area (Å²) in [7, 11) is 0. The molecular weight excluding hydrogens is 221 g/mol. The van der Waals surface area contributed by atoms with E-state index in [0.29, 0.717) is 6.04 Å². The summed E-state index contributed by atoms with van der Waals surface area (Å²) in [5, 5.41) is 4.45. The normalized spacial score (nSPS) is 13.2. The number of thiophene rings is 1. The first kappa shape index (κ1) is 11.6. The van der Waals surface area contributed by atoms with Gasteiger partial charge in [-0.25, -0.2) is 4.39 Å². The summed E-state index contributed by atoms with van der Waals surface area (Å²) in [6.45, 7) is 5.32. The standard InChI is InChI=1S/C13H16FNS/c1-3-6-15-9(2)13-8-10-7-11(14)4-5-12(10)16-13/h4-5,7-9,15H,3,6H2,1-2H3. The number of hydrogen-bond donors (Lipinski definition) is 1. The van der Waals surface area contributed by atoms with Gasteiger partial charge in [0.1, 0.15) is 5.82 Å². The van der Waals surface area contributed by atoms with Gasteiger partial charge < -0.3 is 5.32 Å². The van der Waals surface area contributed by atoms with E-state index in [0.717, 1.165) is 23.1 Å². The number of halogens is 1. The number of fused-ring (bicyclic) bond motifs is 1. The molecule has 0 aliphatic rings. The number of nitrogens with one attached hydrogen (secondary N) is 1. The summed E-state index contributed by atoms with van der Waals surface area (Å²) in [4.78, 5) is 1.27. The molecule has 0 radical (unpaired) electrons. The summed E-state index contributed by atoms with van der Waals surface area (Å²) in [5.74, 6) is -0.161. The Hall–Kier alpha value is -0.930. The zero-order valence-electron chi connectivity index (χ0n) is 9.59. The summed E-state index contributed by atoms with van der Waals surface area (Å²) in [6.07, 6.45) is 1.13. The minimum Gasteiger partial charge on any atom is -0.309 e. The van der Waals surface area contributed by atoms with Gasteiger partial charge in [0.15, 0.2) is 0 Å². The molecule has 0 aliphatic heterocycles. The van der Waals surface area contributed by atoms with Crippen LogP contribution >= 0.6 is 11.3 Å². The van der Waals surface area contributed by atoms with Gasteiger partial charge >= 0.3 is 0 Å². The van der Waals surface area contributed by atoms with Crippen molar-refractivity contribution in [2.45, 2.75) is 26.3 Å². The summed E-state index contributed by atoms with van der Waals surface area (Å²) in [5.41, 5.74) is 0. The van der Waals surface area contributed by atoms with E-state index in [9.17, 15) is 4.39 Å². The average Bonchev–Trinajstić information content (AvgIpc) is 2.68. The van der Waals surface area contributed by atoms with Crippen LogP contribution in [0.5, 0.6) is 0 Å². The first-order valence-electron chi connectivity index (χ1n) is 5.63. The van der Waals surface area contributed by atoms with Crippen molar-refractivity contribution < 1.29 is 4.39 Å². The first-order valence-corrected chi connectivity index (χ1v) is 6.44. The molecule has 2 aromatic rings. The van der Waals surface area contributed by atoms with Crippen molar-refractivity contribution in [2.24, 2.45) is 0 Å². The highest BCUT2D eigenvalue weighted by Gasteiger charge is 2.08. The molecule has 1 aromatic heterocycles. The molecule has 1 atom stereocenters. The van der Waals surface area contributed by atoms with E-state index in [1.807, 2.05) is 6.07 Å². The van der Waals surface area contributed by atoms with Crippen molar-refractivity contribution in [3.05, 3.63) is 35.0 Å². The molecule has 0 aliphatic carbocycles. The second kappa shape index (κ2) is 4.93. The summed E-state index contributed by atoms with van der Waals surface area (Å²) >= 11 is 1.74. The molecule has 1 nitrogen and oxygen atoms in total. The lowest BCUT2D eigenvalue weighted by Crippen LogP contribution is -2.18. The minimum absolute atomic E-state index is 0.161. The molecule has 1 heterocycles. The average molecular weight is 237 g/mol. The third-order valence-corrected chi connectivity index (χ3v) is 3.92. The quantitative estimate of drug-likeness (QED) is 0.844. The topological polar surface area (TPSA) is 12.0 Å². The summed E-state index contributed by atoms with van der Waals surface area (Å²) < 4.78 is 14.2. The van der Waals surface area contributed by atoms with Crippen LogP contribution in [-0.2, 0) is 0 Å². The molecule has 16 heavy (non-hydrogen) atoms. The molecular formula is C13H16FNS. The fourth-order valence-corrected chi connectivity index (χ4v) is 2.78. The molecule has 1 unspecified atom stereocenters. The Morgan fingerprint density at radius 3 is 2.94 bits per heavy atom. The molecule has 0 saturated carbocycles. The maximum atomic E-state index is 13.0. The van der Waals surface area contributed by atoms with E-state index >= 15 is 0 Å². The molecule has 0 spiro atoms. The zero-order chi connectivity index (χ0) is 11.5. The molecule has 1 N–H and O–H groups in total. The highest BCUT2D eigenvalue weighted by molar-refractivity contribution is 7.19. The molecule has 86 valence electrons. The Morgan fingerprint density at radius 1 is 1.38 bits per heavy atom. The van der Waals surface area contributed by atoms with E-state index in [1.165, 1.54) is 10.9 Å². The van der Waals surface area contributed by atoms with Crippen LogP contribution in [-0.4, -0.2) is 6.54 Å². The zero-order valence-corrected chi connectivity index (χ0v) is 10.4. The van der Waals surface area contributed by atoms with E-state index < -0.39 is 0 Å². The van der Waals surface area contributed by atoms with Gasteiger partial charge in [0.25, 0.3) is 0 Å². The van der Waals surface area contributed by atoms with Gasteiger partial charge in [-0.05, 0) is 49.5 Å². The molecule has 0 fully saturated rings. The van der Waals surface area contributed by atoms with Crippen molar-refractivity contribution in [1.82, 2.24) is 5.32 Å². The number of benzene rings is 1. The Bertz CT molecular complexity index is 478. The van der Waals surface area contributed by atoms with Gasteiger partial charge in [-0.1, -0.05) is 6.92 Å². The van der Waals surface area contributed by atoms with Crippen molar-refractivity contribution in [1.29, 1.82) is 0 Å². The number of hydrogen-bond acceptors (Lipinski definition) is 2. The van der Waals surface area contributed by atoms with E-state index in [1.54, 1.807) is 17.4 Å². The van der Waals surface area contributed by atoms with E-state index in [-0.39, 0.29) is 5.82 Å². The third kappa shape index (κ3) is 2.42. The van der Waals surface area contributed by atoms with Crippen LogP contribution in [0.15, 0.2) is 24.3 Å². The third-order valence-electron chi connectivity index (χ3n) is 2.62. The van der Waals surface area contributed by atoms with Crippen molar-refractivity contribution in [3.8, 4) is 0 Å². The molecule has 1 aromatic carbocycles. The van der Waals surface area contributed by atoms with E-state index in [2.05, 4.69) is 25.2 Å². The van der Waals surface area contributed by atoms with Crippen molar-refractivity contribution in [2.75, 3.05) is 6.54 Å². The highest BCUT2D eigenvalue weighted by atomic mass is 32.1. The van der Waals surface area contributed by atoms with Gasteiger partial charge in [-0.3, -0.25) is 0 Å². The lowest BCUT2D eigenvalue weighted by molar-refractivity contribution is 0.578. The van der Waals surface area contributed by atoms with E-state index in [4.69, 9.17) is 0 Å². The van der Waals surface area contributed by atoms with Crippen molar-refractivity contribution >= 4 is 21.4 Å². The predicted octanol–water partition coefficient (Wildman–Crippen LogP) is 4.10. The maximum Gasteiger partial charge on any atom is 0.123 e. The fraction of sp³-hybridized carbons (Fsp3) is 0.385. The fourth-order valence-electron chi connectivity index (χ4n) is 1.71. The first-order chi connectivity index (χ1) is 7.70. The Kier molecular flexibility index (Phi) is 3.56. The monoisotopic (exact) mass is 237 g/mol. The lowest BCUT2D eigenvalue weighted by Gasteiger charge is -2.10. The van der Waals surface area contributed by atoms with Gasteiger partial charge in [0.05, 0.1) is 0 Å². The Morgan fingerprint density at radius 2 is 2.19 bits per heavy atom. The molecule has 0 saturated heterocycles. The van der Waals surface area contributed by atoms with Crippen LogP contribution in [0.4, 0.5) is 4.39 Å². The van der Waals surface area contributed by atoms with Crippen LogP contribution < -0.4 is 5.32 Å². The van der Waals surface area contributed by atoms with Crippen LogP contribution in [0.3, 0.4) is 0 Å². The lowest BCUT2D eigenvalue weighted by atomic mass is 10.2. The van der Waals surface area contributed by atoms with Gasteiger partial charge in [0.2, 0.25) is 0 Å².